The molecule has 28 heavy (non-hydrogen) atoms. The maximum atomic E-state index is 12.6. The average Bonchev–Trinajstić information content (AvgIpc) is 3.13. The van der Waals surface area contributed by atoms with Crippen LogP contribution in [0.15, 0.2) is 52.9 Å². The van der Waals surface area contributed by atoms with Crippen LogP contribution in [0.1, 0.15) is 29.8 Å². The van der Waals surface area contributed by atoms with Crippen molar-refractivity contribution in [3.8, 4) is 0 Å². The van der Waals surface area contributed by atoms with Crippen molar-refractivity contribution >= 4 is 45.1 Å². The predicted molar refractivity (Wildman–Crippen MR) is 116 cm³/mol. The number of thiazole rings is 1. The van der Waals surface area contributed by atoms with Gasteiger partial charge in [0.2, 0.25) is 5.91 Å². The van der Waals surface area contributed by atoms with Gasteiger partial charge in [0.25, 0.3) is 5.91 Å². The average molecular weight is 414 g/mol. The number of rotatable bonds is 8. The van der Waals surface area contributed by atoms with E-state index in [2.05, 4.69) is 16.4 Å². The van der Waals surface area contributed by atoms with Crippen LogP contribution in [0.3, 0.4) is 0 Å². The number of likely N-dealkylation sites (N-methyl/N-ethyl adjacent to an activating group) is 2. The number of benzene rings is 2. The maximum absolute atomic E-state index is 12.6. The largest absolute Gasteiger partial charge is 0.355 e. The molecule has 0 radical (unpaired) electrons. The number of carbonyl (C=O) groups excluding carboxylic acids is 2. The van der Waals surface area contributed by atoms with Gasteiger partial charge >= 0.3 is 0 Å². The highest BCUT2D eigenvalue weighted by atomic mass is 32.2. The summed E-state index contributed by atoms with van der Waals surface area (Å²) in [5, 5.41) is 2.73. The molecule has 0 saturated carbocycles. The van der Waals surface area contributed by atoms with Crippen molar-refractivity contribution < 1.29 is 9.59 Å². The van der Waals surface area contributed by atoms with Gasteiger partial charge < -0.3 is 10.2 Å². The lowest BCUT2D eigenvalue weighted by molar-refractivity contribution is -0.121. The van der Waals surface area contributed by atoms with E-state index in [1.54, 1.807) is 28.0 Å². The van der Waals surface area contributed by atoms with Gasteiger partial charge in [-0.05, 0) is 43.7 Å². The molecule has 3 aromatic rings. The van der Waals surface area contributed by atoms with Gasteiger partial charge in [-0.15, -0.1) is 11.3 Å². The molecule has 0 aliphatic carbocycles. The third-order valence-corrected chi connectivity index (χ3v) is 6.47. The van der Waals surface area contributed by atoms with Gasteiger partial charge in [-0.1, -0.05) is 36.0 Å². The number of amides is 2. The molecular weight excluding hydrogens is 390 g/mol. The molecule has 0 unspecified atom stereocenters. The summed E-state index contributed by atoms with van der Waals surface area (Å²) in [6, 6.07) is 15.7. The third kappa shape index (κ3) is 5.11. The molecule has 2 aromatic carbocycles. The molecule has 0 spiro atoms. The minimum absolute atomic E-state index is 0.0817. The van der Waals surface area contributed by atoms with E-state index in [1.807, 2.05) is 56.3 Å². The zero-order valence-corrected chi connectivity index (χ0v) is 17.6. The molecule has 0 bridgehead atoms. The van der Waals surface area contributed by atoms with Crippen molar-refractivity contribution in [2.45, 2.75) is 23.9 Å². The van der Waals surface area contributed by atoms with Crippen LogP contribution in [0.4, 0.5) is 0 Å². The summed E-state index contributed by atoms with van der Waals surface area (Å²) in [6.07, 6.45) is 0. The SMILES string of the molecule is CCNC(=O)CN(CC)C(=O)c1ccc(CSc2nc3ccccc3s2)cc1. The van der Waals surface area contributed by atoms with Gasteiger partial charge in [-0.3, -0.25) is 9.59 Å². The highest BCUT2D eigenvalue weighted by Gasteiger charge is 2.17. The van der Waals surface area contributed by atoms with Gasteiger partial charge in [-0.2, -0.15) is 0 Å². The van der Waals surface area contributed by atoms with Gasteiger partial charge in [0.1, 0.15) is 0 Å². The highest BCUT2D eigenvalue weighted by Crippen LogP contribution is 2.31. The molecule has 1 N–H and O–H groups in total. The van der Waals surface area contributed by atoms with Crippen molar-refractivity contribution in [2.75, 3.05) is 19.6 Å². The zero-order chi connectivity index (χ0) is 19.9. The smallest absolute Gasteiger partial charge is 0.254 e. The molecule has 1 heterocycles. The molecule has 2 amide bonds. The Hall–Kier alpha value is -2.38. The Bertz CT molecular complexity index is 921. The molecule has 0 aliphatic rings. The molecule has 7 heteroatoms. The van der Waals surface area contributed by atoms with E-state index in [9.17, 15) is 9.59 Å². The summed E-state index contributed by atoms with van der Waals surface area (Å²) in [5.74, 6) is 0.533. The second kappa shape index (κ2) is 9.71. The predicted octanol–water partition coefficient (Wildman–Crippen LogP) is 4.19. The molecular formula is C21H23N3O2S2. The summed E-state index contributed by atoms with van der Waals surface area (Å²) < 4.78 is 2.23. The summed E-state index contributed by atoms with van der Waals surface area (Å²) in [4.78, 5) is 30.6. The number of aromatic nitrogens is 1. The van der Waals surface area contributed by atoms with Crippen LogP contribution in [0.2, 0.25) is 0 Å². The molecule has 1 aromatic heterocycles. The van der Waals surface area contributed by atoms with Crippen molar-refractivity contribution in [1.29, 1.82) is 0 Å². The minimum atomic E-state index is -0.137. The number of nitrogens with zero attached hydrogens (tertiary/aromatic N) is 2. The number of para-hydroxylation sites is 1. The van der Waals surface area contributed by atoms with Crippen LogP contribution in [0, 0.1) is 0 Å². The number of thioether (sulfide) groups is 1. The van der Waals surface area contributed by atoms with Gasteiger partial charge in [0.05, 0.1) is 16.8 Å². The van der Waals surface area contributed by atoms with Gasteiger partial charge in [-0.25, -0.2) is 4.98 Å². The maximum Gasteiger partial charge on any atom is 0.254 e. The fraction of sp³-hybridized carbons (Fsp3) is 0.286. The lowest BCUT2D eigenvalue weighted by Gasteiger charge is -2.20. The van der Waals surface area contributed by atoms with Crippen molar-refractivity contribution in [2.24, 2.45) is 0 Å². The van der Waals surface area contributed by atoms with E-state index < -0.39 is 0 Å². The highest BCUT2D eigenvalue weighted by molar-refractivity contribution is 8.00. The first kappa shape index (κ1) is 20.4. The second-order valence-electron chi connectivity index (χ2n) is 6.21. The van der Waals surface area contributed by atoms with E-state index in [0.29, 0.717) is 18.7 Å². The molecule has 5 nitrogen and oxygen atoms in total. The summed E-state index contributed by atoms with van der Waals surface area (Å²) in [5.41, 5.74) is 2.76. The van der Waals surface area contributed by atoms with E-state index in [1.165, 1.54) is 4.70 Å². The Labute approximate surface area is 173 Å². The molecule has 146 valence electrons. The van der Waals surface area contributed by atoms with E-state index in [4.69, 9.17) is 0 Å². The first-order chi connectivity index (χ1) is 13.6. The Kier molecular flexibility index (Phi) is 7.06. The van der Waals surface area contributed by atoms with Crippen LogP contribution in [0.5, 0.6) is 0 Å². The Morgan fingerprint density at radius 3 is 2.54 bits per heavy atom. The topological polar surface area (TPSA) is 62.3 Å². The lowest BCUT2D eigenvalue weighted by atomic mass is 10.1. The fourth-order valence-electron chi connectivity index (χ4n) is 2.74. The second-order valence-corrected chi connectivity index (χ2v) is 8.46. The van der Waals surface area contributed by atoms with Crippen LogP contribution < -0.4 is 5.32 Å². The monoisotopic (exact) mass is 413 g/mol. The Morgan fingerprint density at radius 2 is 1.86 bits per heavy atom. The standard InChI is InChI=1S/C21H23N3O2S2/c1-3-22-19(25)13-24(4-2)20(26)16-11-9-15(10-12-16)14-27-21-23-17-7-5-6-8-18(17)28-21/h5-12H,3-4,13-14H2,1-2H3,(H,22,25). The van der Waals surface area contributed by atoms with Crippen molar-refractivity contribution in [1.82, 2.24) is 15.2 Å². The fourth-order valence-corrected chi connectivity index (χ4v) is 4.76. The van der Waals surface area contributed by atoms with E-state index in [0.717, 1.165) is 21.2 Å². The quantitative estimate of drug-likeness (QED) is 0.563. The summed E-state index contributed by atoms with van der Waals surface area (Å²) in [6.45, 7) is 4.87. The van der Waals surface area contributed by atoms with Crippen molar-refractivity contribution in [3.05, 3.63) is 59.7 Å². The van der Waals surface area contributed by atoms with E-state index >= 15 is 0 Å². The molecule has 0 atom stereocenters. The number of nitrogens with one attached hydrogen (secondary N) is 1. The number of hydrogen-bond acceptors (Lipinski definition) is 5. The third-order valence-electron chi connectivity index (χ3n) is 4.21. The Balaban J connectivity index is 1.60. The first-order valence-electron chi connectivity index (χ1n) is 9.24. The van der Waals surface area contributed by atoms with E-state index in [-0.39, 0.29) is 18.4 Å². The number of hydrogen-bond donors (Lipinski definition) is 1. The first-order valence-corrected chi connectivity index (χ1v) is 11.0. The summed E-state index contributed by atoms with van der Waals surface area (Å²) >= 11 is 3.39. The molecule has 3 rings (SSSR count). The van der Waals surface area contributed by atoms with Crippen LogP contribution in [-0.2, 0) is 10.5 Å². The number of carbonyl (C=O) groups is 2. The minimum Gasteiger partial charge on any atom is -0.355 e. The van der Waals surface area contributed by atoms with Crippen molar-refractivity contribution in [3.63, 3.8) is 0 Å². The number of fused-ring (bicyclic) bond motifs is 1. The normalized spacial score (nSPS) is 10.8. The molecule has 0 saturated heterocycles. The van der Waals surface area contributed by atoms with Gasteiger partial charge in [0.15, 0.2) is 4.34 Å². The van der Waals surface area contributed by atoms with Crippen LogP contribution in [-0.4, -0.2) is 41.3 Å². The van der Waals surface area contributed by atoms with Gasteiger partial charge in [0, 0.05) is 24.4 Å². The lowest BCUT2D eigenvalue weighted by Crippen LogP contribution is -2.40. The summed E-state index contributed by atoms with van der Waals surface area (Å²) in [7, 11) is 0. The van der Waals surface area contributed by atoms with Crippen LogP contribution >= 0.6 is 23.1 Å². The van der Waals surface area contributed by atoms with Crippen LogP contribution in [0.25, 0.3) is 10.2 Å². The molecule has 0 aliphatic heterocycles. The zero-order valence-electron chi connectivity index (χ0n) is 16.0. The Morgan fingerprint density at radius 1 is 1.11 bits per heavy atom. The molecule has 0 fully saturated rings.